The number of hydrogen-bond acceptors (Lipinski definition) is 4. The van der Waals surface area contributed by atoms with E-state index in [0.29, 0.717) is 12.8 Å². The maximum absolute atomic E-state index is 11.4. The van der Waals surface area contributed by atoms with E-state index in [9.17, 15) is 22.9 Å². The molecule has 0 spiro atoms. The highest BCUT2D eigenvalue weighted by molar-refractivity contribution is 7.87. The molecule has 0 bridgehead atoms. The van der Waals surface area contributed by atoms with E-state index < -0.39 is 25.4 Å². The fraction of sp³-hybridized carbons (Fsp3) is 0.889. The van der Waals surface area contributed by atoms with Crippen LogP contribution >= 0.6 is 0 Å². The van der Waals surface area contributed by atoms with Crippen molar-refractivity contribution in [2.75, 3.05) is 21.1 Å². The monoisotopic (exact) mass is 253 g/mol. The lowest BCUT2D eigenvalue weighted by molar-refractivity contribution is -0.901. The van der Waals surface area contributed by atoms with Gasteiger partial charge >= 0.3 is 10.1 Å². The van der Waals surface area contributed by atoms with E-state index in [1.54, 1.807) is 6.92 Å². The Morgan fingerprint density at radius 1 is 1.38 bits per heavy atom. The van der Waals surface area contributed by atoms with Crippen LogP contribution in [0.5, 0.6) is 0 Å². The highest BCUT2D eigenvalue weighted by Crippen LogP contribution is 2.30. The third kappa shape index (κ3) is 2.53. The molecular weight excluding hydrogens is 234 g/mol. The average Bonchev–Trinajstić information content (AvgIpc) is 1.99. The fourth-order valence-corrected chi connectivity index (χ4v) is 3.01. The third-order valence-electron chi connectivity index (χ3n) is 2.70. The first-order valence-corrected chi connectivity index (χ1v) is 6.44. The van der Waals surface area contributed by atoms with Crippen molar-refractivity contribution in [1.29, 1.82) is 0 Å². The minimum absolute atomic E-state index is 0.172. The maximum atomic E-state index is 11.4. The molecule has 1 atom stereocenters. The van der Waals surface area contributed by atoms with Gasteiger partial charge in [-0.25, -0.2) is 0 Å². The van der Waals surface area contributed by atoms with Crippen LogP contribution < -0.4 is 5.11 Å². The van der Waals surface area contributed by atoms with Gasteiger partial charge in [0.25, 0.3) is 4.87 Å². The maximum Gasteiger partial charge on any atom is 0.328 e. The Hall–Kier alpha value is -0.660. The predicted octanol–water partition coefficient (Wildman–Crippen LogP) is -0.783. The summed E-state index contributed by atoms with van der Waals surface area (Å²) in [7, 11) is -0.540. The van der Waals surface area contributed by atoms with Crippen molar-refractivity contribution < 1.29 is 27.4 Å². The van der Waals surface area contributed by atoms with Gasteiger partial charge in [-0.15, -0.1) is 0 Å². The molecule has 0 amide bonds. The van der Waals surface area contributed by atoms with Gasteiger partial charge in [0, 0.05) is 6.42 Å². The molecule has 0 heterocycles. The summed E-state index contributed by atoms with van der Waals surface area (Å²) in [5, 5.41) is 11.2. The van der Waals surface area contributed by atoms with Crippen molar-refractivity contribution in [3.8, 4) is 0 Å². The highest BCUT2D eigenvalue weighted by Gasteiger charge is 2.55. The van der Waals surface area contributed by atoms with E-state index in [1.807, 2.05) is 0 Å². The molecule has 0 saturated carbocycles. The number of unbranched alkanes of at least 4 members (excludes halogenated alkanes) is 1. The van der Waals surface area contributed by atoms with Gasteiger partial charge in [0.1, 0.15) is 5.97 Å². The summed E-state index contributed by atoms with van der Waals surface area (Å²) >= 11 is 0. The van der Waals surface area contributed by atoms with E-state index in [0.717, 1.165) is 0 Å². The Balaban J connectivity index is 5.72. The Morgan fingerprint density at radius 3 is 2.00 bits per heavy atom. The van der Waals surface area contributed by atoms with Crippen molar-refractivity contribution in [1.82, 2.24) is 0 Å². The second-order valence-corrected chi connectivity index (χ2v) is 6.29. The molecule has 0 radical (unpaired) electrons. The fourth-order valence-electron chi connectivity index (χ4n) is 1.71. The number of carbonyl (C=O) groups excluding carboxylic acids is 1. The molecular formula is C9H19NO5S. The number of likely N-dealkylation sites (N-methyl/N-ethyl adjacent to an activating group) is 1. The molecule has 0 fully saturated rings. The molecule has 0 aliphatic rings. The average molecular weight is 253 g/mol. The Kier molecular flexibility index (Phi) is 4.49. The summed E-state index contributed by atoms with van der Waals surface area (Å²) in [6.07, 6.45) is 0.835. The lowest BCUT2D eigenvalue weighted by Gasteiger charge is -2.43. The van der Waals surface area contributed by atoms with Crippen LogP contribution in [0.1, 0.15) is 26.2 Å². The number of nitrogens with zero attached hydrogens (tertiary/aromatic N) is 1. The second kappa shape index (κ2) is 4.68. The standard InChI is InChI=1S/C9H19NO5S/c1-5-6-7-9(8(11)12,10(2,3)4)16(13,14)15/h5-7H2,1-4H3,(H-,11,12,13,14,15). The van der Waals surface area contributed by atoms with E-state index in [2.05, 4.69) is 0 Å². The number of hydrogen-bond donors (Lipinski definition) is 1. The van der Waals surface area contributed by atoms with E-state index in [1.165, 1.54) is 21.1 Å². The van der Waals surface area contributed by atoms with Crippen LogP contribution in [0, 0.1) is 0 Å². The summed E-state index contributed by atoms with van der Waals surface area (Å²) in [5.74, 6) is -1.77. The quantitative estimate of drug-likeness (QED) is 0.495. The van der Waals surface area contributed by atoms with Crippen LogP contribution in [0.15, 0.2) is 0 Å². The van der Waals surface area contributed by atoms with Gasteiger partial charge < -0.3 is 14.4 Å². The summed E-state index contributed by atoms with van der Waals surface area (Å²) in [6, 6.07) is 0. The molecule has 6 nitrogen and oxygen atoms in total. The number of carboxylic acid groups (broad SMARTS) is 1. The van der Waals surface area contributed by atoms with Crippen molar-refractivity contribution in [2.24, 2.45) is 0 Å². The number of rotatable bonds is 6. The van der Waals surface area contributed by atoms with E-state index in [-0.39, 0.29) is 6.42 Å². The van der Waals surface area contributed by atoms with Crippen molar-refractivity contribution in [3.63, 3.8) is 0 Å². The summed E-state index contributed by atoms with van der Waals surface area (Å²) < 4.78 is 31.5. The molecule has 0 aromatic rings. The van der Waals surface area contributed by atoms with Crippen LogP contribution in [-0.4, -0.2) is 49.4 Å². The minimum Gasteiger partial charge on any atom is -0.543 e. The van der Waals surface area contributed by atoms with Crippen LogP contribution in [0.2, 0.25) is 0 Å². The molecule has 1 unspecified atom stereocenters. The largest absolute Gasteiger partial charge is 0.543 e. The van der Waals surface area contributed by atoms with Crippen LogP contribution in [0.4, 0.5) is 0 Å². The van der Waals surface area contributed by atoms with Crippen molar-refractivity contribution >= 4 is 16.1 Å². The number of carboxylic acids is 1. The van der Waals surface area contributed by atoms with Gasteiger partial charge in [-0.2, -0.15) is 8.42 Å². The van der Waals surface area contributed by atoms with Gasteiger partial charge in [0.05, 0.1) is 21.1 Å². The Morgan fingerprint density at radius 2 is 1.81 bits per heavy atom. The first-order valence-electron chi connectivity index (χ1n) is 5.00. The summed E-state index contributed by atoms with van der Waals surface area (Å²) in [6.45, 7) is 1.81. The zero-order valence-electron chi connectivity index (χ0n) is 10.1. The minimum atomic E-state index is -4.75. The zero-order chi connectivity index (χ0) is 13.2. The molecule has 16 heavy (non-hydrogen) atoms. The predicted molar refractivity (Wildman–Crippen MR) is 56.8 cm³/mol. The molecule has 0 saturated heterocycles. The molecule has 0 aromatic carbocycles. The number of quaternary nitrogens is 1. The van der Waals surface area contributed by atoms with Crippen molar-refractivity contribution in [2.45, 2.75) is 31.1 Å². The topological polar surface area (TPSA) is 94.5 Å². The Bertz CT molecular complexity index is 357. The number of carbonyl (C=O) groups is 1. The molecule has 0 aliphatic carbocycles. The van der Waals surface area contributed by atoms with E-state index in [4.69, 9.17) is 0 Å². The highest BCUT2D eigenvalue weighted by atomic mass is 32.2. The van der Waals surface area contributed by atoms with Crippen LogP contribution in [0.3, 0.4) is 0 Å². The van der Waals surface area contributed by atoms with Gasteiger partial charge in [-0.05, 0) is 6.42 Å². The molecule has 96 valence electrons. The number of aliphatic carboxylic acids is 1. The summed E-state index contributed by atoms with van der Waals surface area (Å²) in [4.78, 5) is 8.85. The third-order valence-corrected chi connectivity index (χ3v) is 4.47. The molecule has 1 N–H and O–H groups in total. The van der Waals surface area contributed by atoms with E-state index >= 15 is 0 Å². The molecule has 0 aromatic heterocycles. The van der Waals surface area contributed by atoms with Gasteiger partial charge in [0.2, 0.25) is 0 Å². The SMILES string of the molecule is CCCCC(C(=O)[O-])([N+](C)(C)C)S(=O)(=O)O. The lowest BCUT2D eigenvalue weighted by Crippen LogP contribution is -2.69. The smallest absolute Gasteiger partial charge is 0.328 e. The first-order chi connectivity index (χ1) is 7.00. The van der Waals surface area contributed by atoms with Crippen molar-refractivity contribution in [3.05, 3.63) is 0 Å². The zero-order valence-corrected chi connectivity index (χ0v) is 10.9. The molecule has 7 heteroatoms. The molecule has 0 aliphatic heterocycles. The second-order valence-electron chi connectivity index (χ2n) is 4.66. The Labute approximate surface area is 96.2 Å². The van der Waals surface area contributed by atoms with Gasteiger partial charge in [-0.3, -0.25) is 4.55 Å². The summed E-state index contributed by atoms with van der Waals surface area (Å²) in [5.41, 5.74) is 0. The lowest BCUT2D eigenvalue weighted by atomic mass is 10.1. The van der Waals surface area contributed by atoms with Crippen LogP contribution in [0.25, 0.3) is 0 Å². The first kappa shape index (κ1) is 15.3. The van der Waals surface area contributed by atoms with Gasteiger partial charge in [-0.1, -0.05) is 13.3 Å². The normalized spacial score (nSPS) is 16.8. The molecule has 0 rings (SSSR count). The van der Waals surface area contributed by atoms with Crippen LogP contribution in [-0.2, 0) is 14.9 Å². The van der Waals surface area contributed by atoms with Gasteiger partial charge in [0.15, 0.2) is 0 Å².